The van der Waals surface area contributed by atoms with Crippen molar-refractivity contribution in [2.45, 2.75) is 58.8 Å². The quantitative estimate of drug-likeness (QED) is 0.826. The molecule has 1 unspecified atom stereocenters. The number of pyridine rings is 1. The Morgan fingerprint density at radius 1 is 1.21 bits per heavy atom. The second kappa shape index (κ2) is 4.58. The van der Waals surface area contributed by atoms with Crippen LogP contribution in [0.25, 0.3) is 0 Å². The number of aliphatic hydroxyl groups excluding tert-OH is 1. The van der Waals surface area contributed by atoms with Crippen molar-refractivity contribution in [3.63, 3.8) is 0 Å². The lowest BCUT2D eigenvalue weighted by atomic mass is 9.79. The Bertz CT molecular complexity index is 470. The number of nitrogens with zero attached hydrogens (tertiary/aromatic N) is 1. The Kier molecular flexibility index (Phi) is 3.50. The van der Waals surface area contributed by atoms with Gasteiger partial charge in [0.1, 0.15) is 0 Å². The van der Waals surface area contributed by atoms with Gasteiger partial charge in [-0.15, -0.1) is 0 Å². The first-order chi connectivity index (χ1) is 8.64. The largest absolute Gasteiger partial charge is 0.496 e. The summed E-state index contributed by atoms with van der Waals surface area (Å²) in [5, 5.41) is 9.76. The second-order valence-corrected chi connectivity index (χ2v) is 6.21. The Morgan fingerprint density at radius 3 is 2.21 bits per heavy atom. The highest BCUT2D eigenvalue weighted by atomic mass is 16.7. The minimum atomic E-state index is -0.546. The molecule has 5 heteroatoms. The van der Waals surface area contributed by atoms with Crippen LogP contribution in [0.3, 0.4) is 0 Å². The summed E-state index contributed by atoms with van der Waals surface area (Å²) in [7, 11) is -0.435. The van der Waals surface area contributed by atoms with E-state index in [0.717, 1.165) is 16.7 Å². The normalized spacial score (nSPS) is 22.6. The number of hydrogen-bond donors (Lipinski definition) is 1. The van der Waals surface area contributed by atoms with Gasteiger partial charge >= 0.3 is 7.12 Å². The smallest absolute Gasteiger partial charge is 0.399 e. The molecule has 0 radical (unpaired) electrons. The van der Waals surface area contributed by atoms with Crippen molar-refractivity contribution in [2.75, 3.05) is 0 Å². The molecule has 1 aliphatic rings. The number of hydrogen-bond acceptors (Lipinski definition) is 4. The molecule has 4 nitrogen and oxygen atoms in total. The van der Waals surface area contributed by atoms with Crippen LogP contribution in [-0.2, 0) is 9.31 Å². The van der Waals surface area contributed by atoms with Crippen molar-refractivity contribution in [3.05, 3.63) is 23.5 Å². The molecule has 1 saturated heterocycles. The minimum Gasteiger partial charge on any atom is -0.399 e. The van der Waals surface area contributed by atoms with E-state index in [4.69, 9.17) is 9.31 Å². The van der Waals surface area contributed by atoms with Gasteiger partial charge in [0.2, 0.25) is 0 Å². The third-order valence-electron chi connectivity index (χ3n) is 4.12. The summed E-state index contributed by atoms with van der Waals surface area (Å²) in [6.07, 6.45) is 1.21. The molecule has 0 aliphatic carbocycles. The van der Waals surface area contributed by atoms with Crippen LogP contribution in [0.15, 0.2) is 12.3 Å². The van der Waals surface area contributed by atoms with Crippen molar-refractivity contribution in [3.8, 4) is 0 Å². The summed E-state index contributed by atoms with van der Waals surface area (Å²) in [5.74, 6) is 0. The molecule has 1 atom stereocenters. The third-order valence-corrected chi connectivity index (χ3v) is 4.12. The monoisotopic (exact) mass is 263 g/mol. The fourth-order valence-electron chi connectivity index (χ4n) is 2.10. The molecular weight excluding hydrogens is 241 g/mol. The topological polar surface area (TPSA) is 51.6 Å². The maximum atomic E-state index is 9.76. The van der Waals surface area contributed by atoms with Crippen LogP contribution in [-0.4, -0.2) is 28.4 Å². The van der Waals surface area contributed by atoms with Crippen molar-refractivity contribution in [1.82, 2.24) is 4.98 Å². The molecule has 1 aromatic heterocycles. The van der Waals surface area contributed by atoms with E-state index in [1.165, 1.54) is 0 Å². The number of aliphatic hydroxyl groups is 1. The summed E-state index contributed by atoms with van der Waals surface area (Å²) in [5.41, 5.74) is 1.75. The van der Waals surface area contributed by atoms with Crippen LogP contribution in [0.4, 0.5) is 0 Å². The molecule has 0 bridgehead atoms. The lowest BCUT2D eigenvalue weighted by Gasteiger charge is -2.32. The van der Waals surface area contributed by atoms with Gasteiger partial charge in [0, 0.05) is 22.9 Å². The van der Waals surface area contributed by atoms with E-state index in [0.29, 0.717) is 0 Å². The molecule has 0 spiro atoms. The molecule has 2 heterocycles. The average Bonchev–Trinajstić information content (AvgIpc) is 2.48. The van der Waals surface area contributed by atoms with Crippen LogP contribution in [0.2, 0.25) is 0 Å². The highest BCUT2D eigenvalue weighted by Gasteiger charge is 2.51. The van der Waals surface area contributed by atoms with Crippen LogP contribution >= 0.6 is 0 Å². The van der Waals surface area contributed by atoms with Gasteiger partial charge in [0.15, 0.2) is 0 Å². The Hall–Kier alpha value is -0.905. The van der Waals surface area contributed by atoms with E-state index >= 15 is 0 Å². The Morgan fingerprint density at radius 2 is 1.74 bits per heavy atom. The SMILES string of the molecule is Cc1ncc(B2OC(C)(C)C(C)(C)O2)cc1C(C)O. The van der Waals surface area contributed by atoms with Crippen LogP contribution < -0.4 is 5.46 Å². The first-order valence-electron chi connectivity index (χ1n) is 6.64. The summed E-state index contributed by atoms with van der Waals surface area (Å²) >= 11 is 0. The first kappa shape index (κ1) is 14.5. The molecule has 19 heavy (non-hydrogen) atoms. The molecule has 0 saturated carbocycles. The average molecular weight is 263 g/mol. The predicted molar refractivity (Wildman–Crippen MR) is 75.3 cm³/mol. The molecule has 1 N–H and O–H groups in total. The van der Waals surface area contributed by atoms with E-state index in [2.05, 4.69) is 4.98 Å². The van der Waals surface area contributed by atoms with Crippen molar-refractivity contribution < 1.29 is 14.4 Å². The Balaban J connectivity index is 2.32. The second-order valence-electron chi connectivity index (χ2n) is 6.21. The fourth-order valence-corrected chi connectivity index (χ4v) is 2.10. The van der Waals surface area contributed by atoms with Crippen molar-refractivity contribution in [2.24, 2.45) is 0 Å². The maximum absolute atomic E-state index is 9.76. The maximum Gasteiger partial charge on any atom is 0.496 e. The van der Waals surface area contributed by atoms with Crippen LogP contribution in [0.1, 0.15) is 52.0 Å². The van der Waals surface area contributed by atoms with Gasteiger partial charge in [0.05, 0.1) is 17.3 Å². The molecular formula is C14H22BNO3. The number of rotatable bonds is 2. The summed E-state index contributed by atoms with van der Waals surface area (Å²) < 4.78 is 12.0. The highest BCUT2D eigenvalue weighted by Crippen LogP contribution is 2.36. The van der Waals surface area contributed by atoms with Crippen LogP contribution in [0.5, 0.6) is 0 Å². The van der Waals surface area contributed by atoms with E-state index in [1.54, 1.807) is 13.1 Å². The lowest BCUT2D eigenvalue weighted by molar-refractivity contribution is 0.00578. The van der Waals surface area contributed by atoms with E-state index in [1.807, 2.05) is 40.7 Å². The van der Waals surface area contributed by atoms with Gasteiger partial charge in [-0.1, -0.05) is 6.07 Å². The van der Waals surface area contributed by atoms with E-state index in [9.17, 15) is 5.11 Å². The molecule has 0 amide bonds. The van der Waals surface area contributed by atoms with Crippen LogP contribution in [0, 0.1) is 6.92 Å². The molecule has 1 fully saturated rings. The van der Waals surface area contributed by atoms with Gasteiger partial charge in [0.25, 0.3) is 0 Å². The molecule has 0 aromatic carbocycles. The zero-order valence-corrected chi connectivity index (χ0v) is 12.5. The number of aromatic nitrogens is 1. The van der Waals surface area contributed by atoms with Gasteiger partial charge < -0.3 is 14.4 Å². The summed E-state index contributed by atoms with van der Waals surface area (Å²) in [6, 6.07) is 1.91. The molecule has 1 aliphatic heterocycles. The minimum absolute atomic E-state index is 0.368. The molecule has 104 valence electrons. The van der Waals surface area contributed by atoms with Gasteiger partial charge in [-0.2, -0.15) is 0 Å². The first-order valence-corrected chi connectivity index (χ1v) is 6.64. The van der Waals surface area contributed by atoms with E-state index in [-0.39, 0.29) is 11.2 Å². The Labute approximate surface area is 115 Å². The van der Waals surface area contributed by atoms with E-state index < -0.39 is 13.2 Å². The zero-order chi connectivity index (χ0) is 14.4. The summed E-state index contributed by atoms with van der Waals surface area (Å²) in [6.45, 7) is 11.7. The molecule has 1 aromatic rings. The van der Waals surface area contributed by atoms with Gasteiger partial charge in [-0.3, -0.25) is 4.98 Å². The predicted octanol–water partition coefficient (Wildman–Crippen LogP) is 1.74. The summed E-state index contributed by atoms with van der Waals surface area (Å²) in [4.78, 5) is 4.32. The standard InChI is InChI=1S/C14H22BNO3/c1-9-12(10(2)17)7-11(8-16-9)15-18-13(3,4)14(5,6)19-15/h7-8,10,17H,1-6H3. The highest BCUT2D eigenvalue weighted by molar-refractivity contribution is 6.62. The third kappa shape index (κ3) is 2.55. The number of aryl methyl sites for hydroxylation is 1. The lowest BCUT2D eigenvalue weighted by Crippen LogP contribution is -2.41. The molecule has 2 rings (SSSR count). The van der Waals surface area contributed by atoms with Gasteiger partial charge in [-0.05, 0) is 41.5 Å². The zero-order valence-electron chi connectivity index (χ0n) is 12.5. The van der Waals surface area contributed by atoms with Crippen molar-refractivity contribution >= 4 is 12.6 Å². The van der Waals surface area contributed by atoms with Crippen molar-refractivity contribution in [1.29, 1.82) is 0 Å². The fraction of sp³-hybridized carbons (Fsp3) is 0.643. The van der Waals surface area contributed by atoms with Gasteiger partial charge in [-0.25, -0.2) is 0 Å².